The highest BCUT2D eigenvalue weighted by atomic mass is 16.3. The van der Waals surface area contributed by atoms with Crippen LogP contribution in [0.5, 0.6) is 0 Å². The molecule has 9 rings (SSSR count). The van der Waals surface area contributed by atoms with Crippen LogP contribution in [0.1, 0.15) is 0 Å². The van der Waals surface area contributed by atoms with Crippen molar-refractivity contribution in [2.24, 2.45) is 0 Å². The van der Waals surface area contributed by atoms with Gasteiger partial charge in [0.15, 0.2) is 11.2 Å². The van der Waals surface area contributed by atoms with E-state index < -0.39 is 0 Å². The van der Waals surface area contributed by atoms with Crippen LogP contribution in [0.2, 0.25) is 0 Å². The highest BCUT2D eigenvalue weighted by Gasteiger charge is 2.23. The van der Waals surface area contributed by atoms with Gasteiger partial charge in [-0.3, -0.25) is 0 Å². The summed E-state index contributed by atoms with van der Waals surface area (Å²) in [7, 11) is 0. The van der Waals surface area contributed by atoms with Crippen molar-refractivity contribution in [3.05, 3.63) is 140 Å². The summed E-state index contributed by atoms with van der Waals surface area (Å²) < 4.78 is 13.3. The number of furan rings is 2. The van der Waals surface area contributed by atoms with E-state index >= 15 is 0 Å². The molecule has 2 aromatic heterocycles. The minimum Gasteiger partial charge on any atom is -0.454 e. The summed E-state index contributed by atoms with van der Waals surface area (Å²) in [6, 6.07) is 48.7. The van der Waals surface area contributed by atoms with Gasteiger partial charge in [-0.25, -0.2) is 0 Å². The molecule has 0 aliphatic heterocycles. The number of hydrogen-bond donors (Lipinski definition) is 0. The molecular formula is C38H23NO2. The van der Waals surface area contributed by atoms with E-state index in [0.717, 1.165) is 60.9 Å². The fourth-order valence-electron chi connectivity index (χ4n) is 6.44. The van der Waals surface area contributed by atoms with Crippen molar-refractivity contribution >= 4 is 82.5 Å². The molecule has 0 radical (unpaired) electrons. The number of nitrogens with zero attached hydrogens (tertiary/aromatic N) is 1. The Labute approximate surface area is 235 Å². The third kappa shape index (κ3) is 3.20. The lowest BCUT2D eigenvalue weighted by molar-refractivity contribution is 0.666. The molecule has 0 N–H and O–H groups in total. The first-order chi connectivity index (χ1) is 20.3. The van der Waals surface area contributed by atoms with Gasteiger partial charge < -0.3 is 13.7 Å². The summed E-state index contributed by atoms with van der Waals surface area (Å²) in [5, 5.41) is 9.26. The Morgan fingerprint density at radius 2 is 0.829 bits per heavy atom. The van der Waals surface area contributed by atoms with Crippen molar-refractivity contribution in [2.75, 3.05) is 4.90 Å². The van der Waals surface area contributed by atoms with E-state index in [-0.39, 0.29) is 0 Å². The molecular weight excluding hydrogens is 502 g/mol. The van der Waals surface area contributed by atoms with Gasteiger partial charge in [-0.2, -0.15) is 0 Å². The molecule has 7 aromatic carbocycles. The maximum absolute atomic E-state index is 6.67. The van der Waals surface area contributed by atoms with Gasteiger partial charge in [-0.15, -0.1) is 0 Å². The normalized spacial score (nSPS) is 11.9. The highest BCUT2D eigenvalue weighted by Crippen LogP contribution is 2.47. The van der Waals surface area contributed by atoms with Crippen molar-refractivity contribution in [2.45, 2.75) is 0 Å². The van der Waals surface area contributed by atoms with Gasteiger partial charge in [0, 0.05) is 27.2 Å². The average molecular weight is 526 g/mol. The van der Waals surface area contributed by atoms with Crippen LogP contribution < -0.4 is 4.90 Å². The highest BCUT2D eigenvalue weighted by molar-refractivity contribution is 6.23. The molecule has 192 valence electrons. The van der Waals surface area contributed by atoms with Crippen LogP contribution in [0, 0.1) is 0 Å². The molecule has 0 fully saturated rings. The first-order valence-electron chi connectivity index (χ1n) is 13.9. The summed E-state index contributed by atoms with van der Waals surface area (Å²) in [5.41, 5.74) is 6.42. The van der Waals surface area contributed by atoms with E-state index in [2.05, 4.69) is 138 Å². The quantitative estimate of drug-likeness (QED) is 0.230. The Morgan fingerprint density at radius 1 is 0.366 bits per heavy atom. The third-order valence-corrected chi connectivity index (χ3v) is 8.23. The van der Waals surface area contributed by atoms with Crippen LogP contribution in [0.3, 0.4) is 0 Å². The monoisotopic (exact) mass is 525 g/mol. The van der Waals surface area contributed by atoms with E-state index in [1.54, 1.807) is 0 Å². The predicted octanol–water partition coefficient (Wildman–Crippen LogP) is 11.3. The molecule has 0 saturated heterocycles. The second-order valence-corrected chi connectivity index (χ2v) is 10.5. The van der Waals surface area contributed by atoms with Crippen molar-refractivity contribution in [3.63, 3.8) is 0 Å². The maximum atomic E-state index is 6.67. The Morgan fingerprint density at radius 3 is 1.37 bits per heavy atom. The lowest BCUT2D eigenvalue weighted by atomic mass is 10.0. The molecule has 0 atom stereocenters. The fraction of sp³-hybridized carbons (Fsp3) is 0. The van der Waals surface area contributed by atoms with Gasteiger partial charge in [0.1, 0.15) is 11.2 Å². The lowest BCUT2D eigenvalue weighted by Crippen LogP contribution is -2.10. The lowest BCUT2D eigenvalue weighted by Gasteiger charge is -2.25. The van der Waals surface area contributed by atoms with Gasteiger partial charge in [0.2, 0.25) is 0 Å². The summed E-state index contributed by atoms with van der Waals surface area (Å²) >= 11 is 0. The molecule has 3 heteroatoms. The molecule has 0 aliphatic rings. The first kappa shape index (κ1) is 22.3. The predicted molar refractivity (Wildman–Crippen MR) is 171 cm³/mol. The minimum atomic E-state index is 0.848. The van der Waals surface area contributed by atoms with Crippen molar-refractivity contribution in [3.8, 4) is 0 Å². The first-order valence-corrected chi connectivity index (χ1v) is 13.9. The van der Waals surface area contributed by atoms with Gasteiger partial charge in [-0.05, 0) is 57.9 Å². The molecule has 0 spiro atoms. The summed E-state index contributed by atoms with van der Waals surface area (Å²) in [6.45, 7) is 0. The number of anilines is 3. The number of fused-ring (bicyclic) bond motifs is 10. The van der Waals surface area contributed by atoms with Gasteiger partial charge in [-0.1, -0.05) is 103 Å². The van der Waals surface area contributed by atoms with Crippen molar-refractivity contribution < 1.29 is 8.83 Å². The van der Waals surface area contributed by atoms with Crippen molar-refractivity contribution in [1.82, 2.24) is 0 Å². The Kier molecular flexibility index (Phi) is 4.61. The van der Waals surface area contributed by atoms with Gasteiger partial charge in [0.25, 0.3) is 0 Å². The topological polar surface area (TPSA) is 29.5 Å². The number of para-hydroxylation sites is 3. The van der Waals surface area contributed by atoms with E-state index in [4.69, 9.17) is 8.83 Å². The van der Waals surface area contributed by atoms with Crippen LogP contribution in [-0.4, -0.2) is 0 Å². The molecule has 41 heavy (non-hydrogen) atoms. The minimum absolute atomic E-state index is 0.848. The Bertz CT molecular complexity index is 2280. The molecule has 0 aliphatic carbocycles. The smallest absolute Gasteiger partial charge is 0.159 e. The molecule has 0 saturated carbocycles. The summed E-state index contributed by atoms with van der Waals surface area (Å²) in [5.74, 6) is 0. The fourth-order valence-corrected chi connectivity index (χ4v) is 6.44. The summed E-state index contributed by atoms with van der Waals surface area (Å²) in [6.07, 6.45) is 0. The molecule has 9 aromatic rings. The standard InChI is InChI=1S/C38H23NO2/c1-2-12-26(13-3-1)39(31-18-8-16-29-35-27-14-6-4-10-24(27)20-22-33(35)40-37(29)31)32-19-9-17-30-36-28-15-7-5-11-25(28)21-23-34(36)41-38(30)32/h1-23H. The molecule has 3 nitrogen and oxygen atoms in total. The van der Waals surface area contributed by atoms with Gasteiger partial charge >= 0.3 is 0 Å². The van der Waals surface area contributed by atoms with Crippen LogP contribution in [0.25, 0.3) is 65.4 Å². The average Bonchev–Trinajstić information content (AvgIpc) is 3.62. The zero-order valence-electron chi connectivity index (χ0n) is 22.0. The van der Waals surface area contributed by atoms with E-state index in [9.17, 15) is 0 Å². The molecule has 0 bridgehead atoms. The molecule has 0 amide bonds. The van der Waals surface area contributed by atoms with Crippen molar-refractivity contribution in [1.29, 1.82) is 0 Å². The second-order valence-electron chi connectivity index (χ2n) is 10.5. The van der Waals surface area contributed by atoms with E-state index in [0.29, 0.717) is 0 Å². The third-order valence-electron chi connectivity index (χ3n) is 8.23. The summed E-state index contributed by atoms with van der Waals surface area (Å²) in [4.78, 5) is 2.26. The zero-order valence-corrected chi connectivity index (χ0v) is 22.0. The maximum Gasteiger partial charge on any atom is 0.159 e. The number of hydrogen-bond acceptors (Lipinski definition) is 3. The second kappa shape index (κ2) is 8.48. The zero-order chi connectivity index (χ0) is 26.9. The van der Waals surface area contributed by atoms with Crippen LogP contribution in [-0.2, 0) is 0 Å². The Balaban J connectivity index is 1.38. The van der Waals surface area contributed by atoms with E-state index in [1.807, 2.05) is 6.07 Å². The number of rotatable bonds is 3. The SMILES string of the molecule is c1ccc(N(c2cccc3c2oc2ccc4ccccc4c23)c2cccc3c2oc2ccc4ccccc4c23)cc1. The largest absolute Gasteiger partial charge is 0.454 e. The number of benzene rings is 7. The molecule has 0 unspecified atom stereocenters. The van der Waals surface area contributed by atoms with Crippen LogP contribution in [0.15, 0.2) is 148 Å². The van der Waals surface area contributed by atoms with Crippen LogP contribution >= 0.6 is 0 Å². The Hall–Kier alpha value is -5.54. The van der Waals surface area contributed by atoms with Crippen LogP contribution in [0.4, 0.5) is 17.1 Å². The molecule has 2 heterocycles. The van der Waals surface area contributed by atoms with E-state index in [1.165, 1.54) is 21.5 Å². The van der Waals surface area contributed by atoms with Gasteiger partial charge in [0.05, 0.1) is 11.4 Å².